The number of nitrogens with zero attached hydrogens (tertiary/aromatic N) is 2. The fourth-order valence-electron chi connectivity index (χ4n) is 4.60. The number of hydrogen-bond donors (Lipinski definition) is 1. The van der Waals surface area contributed by atoms with Gasteiger partial charge in [0.25, 0.3) is 5.91 Å². The van der Waals surface area contributed by atoms with E-state index in [0.717, 1.165) is 31.1 Å². The van der Waals surface area contributed by atoms with Crippen LogP contribution in [0.4, 0.5) is 10.5 Å². The number of carbonyl (C=O) groups is 3. The first-order valence-corrected chi connectivity index (χ1v) is 11.9. The summed E-state index contributed by atoms with van der Waals surface area (Å²) in [5.74, 6) is -0.393. The minimum Gasteiger partial charge on any atom is -0.323 e. The summed E-state index contributed by atoms with van der Waals surface area (Å²) in [5.41, 5.74) is 0.769. The van der Waals surface area contributed by atoms with Crippen LogP contribution < -0.4 is 10.2 Å². The minimum atomic E-state index is -3.31. The van der Waals surface area contributed by atoms with Crippen molar-refractivity contribution in [2.24, 2.45) is 0 Å². The van der Waals surface area contributed by atoms with Gasteiger partial charge in [0, 0.05) is 31.5 Å². The van der Waals surface area contributed by atoms with Crippen LogP contribution >= 0.6 is 0 Å². The molecule has 1 aliphatic carbocycles. The molecule has 0 unspecified atom stereocenters. The lowest BCUT2D eigenvalue weighted by molar-refractivity contribution is -0.131. The number of urea groups is 1. The van der Waals surface area contributed by atoms with Crippen LogP contribution in [0.3, 0.4) is 0 Å². The number of rotatable bonds is 4. The molecule has 8 nitrogen and oxygen atoms in total. The Hall–Kier alpha value is -2.42. The lowest BCUT2D eigenvalue weighted by Crippen LogP contribution is -2.44. The molecule has 0 radical (unpaired) electrons. The molecule has 1 saturated carbocycles. The van der Waals surface area contributed by atoms with E-state index in [9.17, 15) is 22.8 Å². The second-order valence-corrected chi connectivity index (χ2v) is 10.2. The Balaban J connectivity index is 1.46. The van der Waals surface area contributed by atoms with E-state index in [1.54, 1.807) is 17.0 Å². The van der Waals surface area contributed by atoms with Crippen molar-refractivity contribution >= 4 is 33.4 Å². The van der Waals surface area contributed by atoms with Crippen LogP contribution in [0.5, 0.6) is 0 Å². The standard InChI is InChI=1S/C20H25N3O5S/c1-29(27,28)15-6-7-16-14(13-15)5-4-11-22(16)17(24)8-12-23-18(25)20(21-19(23)26)9-2-3-10-20/h6-7,13H,2-5,8-12H2,1H3,(H,21,26). The third-order valence-electron chi connectivity index (χ3n) is 6.15. The van der Waals surface area contributed by atoms with E-state index < -0.39 is 21.4 Å². The van der Waals surface area contributed by atoms with E-state index in [-0.39, 0.29) is 29.7 Å². The van der Waals surface area contributed by atoms with Gasteiger partial charge in [0.15, 0.2) is 9.84 Å². The Morgan fingerprint density at radius 1 is 1.17 bits per heavy atom. The molecule has 4 rings (SSSR count). The highest BCUT2D eigenvalue weighted by Gasteiger charge is 2.52. The molecule has 2 fully saturated rings. The summed E-state index contributed by atoms with van der Waals surface area (Å²) in [4.78, 5) is 40.9. The van der Waals surface area contributed by atoms with E-state index in [4.69, 9.17) is 0 Å². The van der Waals surface area contributed by atoms with Crippen LogP contribution in [-0.4, -0.2) is 56.0 Å². The van der Waals surface area contributed by atoms with Crippen LogP contribution in [0.15, 0.2) is 23.1 Å². The summed E-state index contributed by atoms with van der Waals surface area (Å²) in [6.07, 6.45) is 5.79. The number of fused-ring (bicyclic) bond motifs is 1. The quantitative estimate of drug-likeness (QED) is 0.747. The minimum absolute atomic E-state index is 0.0442. The maximum absolute atomic E-state index is 12.9. The average Bonchev–Trinajstić information content (AvgIpc) is 3.24. The third-order valence-corrected chi connectivity index (χ3v) is 7.26. The maximum Gasteiger partial charge on any atom is 0.325 e. The zero-order chi connectivity index (χ0) is 20.8. The lowest BCUT2D eigenvalue weighted by atomic mass is 9.98. The number of carbonyl (C=O) groups excluding carboxylic acids is 3. The van der Waals surface area contributed by atoms with Crippen molar-refractivity contribution in [2.75, 3.05) is 24.2 Å². The van der Waals surface area contributed by atoms with Gasteiger partial charge >= 0.3 is 6.03 Å². The summed E-state index contributed by atoms with van der Waals surface area (Å²) < 4.78 is 23.6. The van der Waals surface area contributed by atoms with Crippen molar-refractivity contribution in [3.8, 4) is 0 Å². The summed E-state index contributed by atoms with van der Waals surface area (Å²) in [6, 6.07) is 4.40. The van der Waals surface area contributed by atoms with Gasteiger partial charge < -0.3 is 10.2 Å². The van der Waals surface area contributed by atoms with Crippen LogP contribution in [0.2, 0.25) is 0 Å². The molecule has 1 spiro atoms. The van der Waals surface area contributed by atoms with Crippen molar-refractivity contribution < 1.29 is 22.8 Å². The molecule has 29 heavy (non-hydrogen) atoms. The second kappa shape index (κ2) is 7.12. The van der Waals surface area contributed by atoms with E-state index >= 15 is 0 Å². The number of aryl methyl sites for hydroxylation is 1. The summed E-state index contributed by atoms with van der Waals surface area (Å²) in [7, 11) is -3.31. The predicted molar refractivity (Wildman–Crippen MR) is 106 cm³/mol. The first-order chi connectivity index (χ1) is 13.7. The Morgan fingerprint density at radius 2 is 1.90 bits per heavy atom. The van der Waals surface area contributed by atoms with E-state index in [0.29, 0.717) is 31.5 Å². The number of nitrogens with one attached hydrogen (secondary N) is 1. The second-order valence-electron chi connectivity index (χ2n) is 8.14. The molecule has 2 aliphatic heterocycles. The smallest absolute Gasteiger partial charge is 0.323 e. The first-order valence-electron chi connectivity index (χ1n) is 9.99. The normalized spacial score (nSPS) is 20.9. The van der Waals surface area contributed by atoms with Crippen molar-refractivity contribution in [1.82, 2.24) is 10.2 Å². The zero-order valence-electron chi connectivity index (χ0n) is 16.4. The van der Waals surface area contributed by atoms with Gasteiger partial charge in [-0.2, -0.15) is 0 Å². The maximum atomic E-state index is 12.9. The van der Waals surface area contributed by atoms with Crippen LogP contribution in [0, 0.1) is 0 Å². The van der Waals surface area contributed by atoms with Crippen LogP contribution in [0.1, 0.15) is 44.1 Å². The molecule has 9 heteroatoms. The van der Waals surface area contributed by atoms with Gasteiger partial charge in [-0.05, 0) is 49.4 Å². The van der Waals surface area contributed by atoms with Crippen LogP contribution in [-0.2, 0) is 25.8 Å². The first kappa shape index (κ1) is 19.9. The molecular formula is C20H25N3O5S. The monoisotopic (exact) mass is 419 g/mol. The van der Waals surface area contributed by atoms with Gasteiger partial charge in [0.1, 0.15) is 5.54 Å². The number of hydrogen-bond acceptors (Lipinski definition) is 5. The largest absolute Gasteiger partial charge is 0.325 e. The SMILES string of the molecule is CS(=O)(=O)c1ccc2c(c1)CCCN2C(=O)CCN1C(=O)NC2(CCCC2)C1=O. The molecule has 0 aromatic heterocycles. The Labute approximate surface area is 170 Å². The molecule has 1 saturated heterocycles. The van der Waals surface area contributed by atoms with Crippen molar-refractivity contribution in [1.29, 1.82) is 0 Å². The third kappa shape index (κ3) is 3.52. The Bertz CT molecular complexity index is 982. The van der Waals surface area contributed by atoms with Crippen molar-refractivity contribution in [2.45, 2.75) is 55.4 Å². The molecular weight excluding hydrogens is 394 g/mol. The number of sulfone groups is 1. The van der Waals surface area contributed by atoms with Gasteiger partial charge in [-0.25, -0.2) is 13.2 Å². The van der Waals surface area contributed by atoms with Crippen molar-refractivity contribution in [3.05, 3.63) is 23.8 Å². The topological polar surface area (TPSA) is 104 Å². The number of imide groups is 1. The summed E-state index contributed by atoms with van der Waals surface area (Å²) in [5, 5.41) is 2.82. The molecule has 4 amide bonds. The highest BCUT2D eigenvalue weighted by Crippen LogP contribution is 2.35. The molecule has 2 heterocycles. The number of benzene rings is 1. The zero-order valence-corrected chi connectivity index (χ0v) is 17.3. The molecule has 0 bridgehead atoms. The fourth-order valence-corrected chi connectivity index (χ4v) is 5.27. The number of anilines is 1. The average molecular weight is 420 g/mol. The number of amides is 4. The van der Waals surface area contributed by atoms with Gasteiger partial charge in [-0.15, -0.1) is 0 Å². The van der Waals surface area contributed by atoms with E-state index in [2.05, 4.69) is 5.32 Å². The molecule has 3 aliphatic rings. The molecule has 1 N–H and O–H groups in total. The molecule has 1 aromatic carbocycles. The highest BCUT2D eigenvalue weighted by atomic mass is 32.2. The Morgan fingerprint density at radius 3 is 2.59 bits per heavy atom. The van der Waals surface area contributed by atoms with E-state index in [1.165, 1.54) is 11.0 Å². The predicted octanol–water partition coefficient (Wildman–Crippen LogP) is 1.62. The van der Waals surface area contributed by atoms with Crippen molar-refractivity contribution in [3.63, 3.8) is 0 Å². The summed E-state index contributed by atoms with van der Waals surface area (Å²) in [6.45, 7) is 0.590. The van der Waals surface area contributed by atoms with Gasteiger partial charge in [-0.3, -0.25) is 14.5 Å². The molecule has 1 aromatic rings. The molecule has 0 atom stereocenters. The lowest BCUT2D eigenvalue weighted by Gasteiger charge is -2.30. The van der Waals surface area contributed by atoms with E-state index in [1.807, 2.05) is 0 Å². The summed E-state index contributed by atoms with van der Waals surface area (Å²) >= 11 is 0. The van der Waals surface area contributed by atoms with Crippen LogP contribution in [0.25, 0.3) is 0 Å². The highest BCUT2D eigenvalue weighted by molar-refractivity contribution is 7.90. The van der Waals surface area contributed by atoms with Gasteiger partial charge in [0.05, 0.1) is 4.90 Å². The van der Waals surface area contributed by atoms with Gasteiger partial charge in [0.2, 0.25) is 5.91 Å². The van der Waals surface area contributed by atoms with Gasteiger partial charge in [-0.1, -0.05) is 12.8 Å². The molecule has 156 valence electrons. The Kier molecular flexibility index (Phi) is 4.88. The fraction of sp³-hybridized carbons (Fsp3) is 0.550.